The first-order valence-electron chi connectivity index (χ1n) is 13.7. The van der Waals surface area contributed by atoms with Crippen molar-refractivity contribution in [3.05, 3.63) is 0 Å². The second-order valence-corrected chi connectivity index (χ2v) is 9.47. The van der Waals surface area contributed by atoms with Crippen LogP contribution in [0.2, 0.25) is 0 Å². The number of aliphatic hydroxyl groups is 2. The molecule has 3 unspecified atom stereocenters. The Morgan fingerprint density at radius 2 is 1.19 bits per heavy atom. The van der Waals surface area contributed by atoms with Crippen molar-refractivity contribution in [2.24, 2.45) is 5.92 Å². The average Bonchev–Trinajstić information content (AvgIpc) is 2.80. The van der Waals surface area contributed by atoms with E-state index in [1.165, 1.54) is 64.2 Å². The molecule has 0 amide bonds. The standard InChI is InChI=1S/C27H54O5/c1-4-7-9-10-11-12-13-14-15-16-17-19-20-24(22-25(29)23-28)27(30)32-31-26(6-3)21-18-8-5-2/h24-26,28-29H,4-23H2,1-3H3. The summed E-state index contributed by atoms with van der Waals surface area (Å²) in [6, 6.07) is 0. The molecule has 0 aliphatic carbocycles. The van der Waals surface area contributed by atoms with Crippen molar-refractivity contribution < 1.29 is 24.8 Å². The molecule has 0 saturated carbocycles. The van der Waals surface area contributed by atoms with Gasteiger partial charge in [0.05, 0.1) is 18.6 Å². The molecule has 0 aromatic heterocycles. The molecule has 0 heterocycles. The zero-order chi connectivity index (χ0) is 23.9. The van der Waals surface area contributed by atoms with Crippen LogP contribution in [0.1, 0.15) is 143 Å². The summed E-state index contributed by atoms with van der Waals surface area (Å²) in [6.07, 6.45) is 20.3. The molecule has 0 aliphatic rings. The first-order valence-corrected chi connectivity index (χ1v) is 13.7. The maximum Gasteiger partial charge on any atom is 0.345 e. The molecule has 0 radical (unpaired) electrons. The monoisotopic (exact) mass is 458 g/mol. The van der Waals surface area contributed by atoms with Crippen molar-refractivity contribution in [3.63, 3.8) is 0 Å². The summed E-state index contributed by atoms with van der Waals surface area (Å²) in [5.41, 5.74) is 0. The van der Waals surface area contributed by atoms with E-state index in [0.717, 1.165) is 44.9 Å². The van der Waals surface area contributed by atoms with Crippen LogP contribution in [-0.4, -0.2) is 35.0 Å². The lowest BCUT2D eigenvalue weighted by atomic mass is 9.94. The van der Waals surface area contributed by atoms with E-state index in [4.69, 9.17) is 9.78 Å². The van der Waals surface area contributed by atoms with Gasteiger partial charge in [0.1, 0.15) is 6.10 Å². The molecule has 0 fully saturated rings. The van der Waals surface area contributed by atoms with Crippen LogP contribution in [0.4, 0.5) is 0 Å². The number of carbonyl (C=O) groups excluding carboxylic acids is 1. The molecule has 5 heteroatoms. The van der Waals surface area contributed by atoms with E-state index in [0.29, 0.717) is 6.42 Å². The topological polar surface area (TPSA) is 76.0 Å². The van der Waals surface area contributed by atoms with Gasteiger partial charge in [-0.05, 0) is 25.7 Å². The molecular weight excluding hydrogens is 404 g/mol. The number of hydrogen-bond acceptors (Lipinski definition) is 5. The van der Waals surface area contributed by atoms with Crippen molar-refractivity contribution in [2.75, 3.05) is 6.61 Å². The highest BCUT2D eigenvalue weighted by Crippen LogP contribution is 2.20. The van der Waals surface area contributed by atoms with Crippen molar-refractivity contribution in [1.82, 2.24) is 0 Å². The third kappa shape index (κ3) is 18.9. The molecule has 2 N–H and O–H groups in total. The highest BCUT2D eigenvalue weighted by molar-refractivity contribution is 5.71. The van der Waals surface area contributed by atoms with Gasteiger partial charge in [0.25, 0.3) is 0 Å². The molecule has 5 nitrogen and oxygen atoms in total. The molecule has 0 spiro atoms. The van der Waals surface area contributed by atoms with E-state index in [9.17, 15) is 15.0 Å². The predicted octanol–water partition coefficient (Wildman–Crippen LogP) is 7.27. The number of carbonyl (C=O) groups is 1. The van der Waals surface area contributed by atoms with Gasteiger partial charge >= 0.3 is 5.97 Å². The summed E-state index contributed by atoms with van der Waals surface area (Å²) in [4.78, 5) is 23.1. The van der Waals surface area contributed by atoms with E-state index in [-0.39, 0.29) is 19.1 Å². The normalized spacial score (nSPS) is 14.3. The van der Waals surface area contributed by atoms with Gasteiger partial charge < -0.3 is 10.2 Å². The van der Waals surface area contributed by atoms with Crippen LogP contribution in [0.3, 0.4) is 0 Å². The van der Waals surface area contributed by atoms with Gasteiger partial charge in [-0.3, -0.25) is 4.89 Å². The summed E-state index contributed by atoms with van der Waals surface area (Å²) in [5, 5.41) is 19.0. The Balaban J connectivity index is 4.06. The SMILES string of the molecule is CCCCCCCCCCCCCCC(CC(O)CO)C(=O)OOC(CC)CCCCC. The maximum atomic E-state index is 12.5. The maximum absolute atomic E-state index is 12.5. The number of rotatable bonds is 24. The minimum absolute atomic E-state index is 0.0689. The Hall–Kier alpha value is -0.650. The van der Waals surface area contributed by atoms with Crippen LogP contribution in [0.15, 0.2) is 0 Å². The minimum Gasteiger partial charge on any atom is -0.394 e. The second-order valence-electron chi connectivity index (χ2n) is 9.47. The van der Waals surface area contributed by atoms with Crippen molar-refractivity contribution >= 4 is 5.97 Å². The summed E-state index contributed by atoms with van der Waals surface area (Å²) >= 11 is 0. The van der Waals surface area contributed by atoms with Gasteiger partial charge in [-0.15, -0.1) is 0 Å². The number of hydrogen-bond donors (Lipinski definition) is 2. The lowest BCUT2D eigenvalue weighted by Gasteiger charge is -2.19. The molecular formula is C27H54O5. The van der Waals surface area contributed by atoms with Crippen LogP contribution in [-0.2, 0) is 14.6 Å². The van der Waals surface area contributed by atoms with Gasteiger partial charge in [-0.2, -0.15) is 4.89 Å². The molecule has 0 aromatic rings. The highest BCUT2D eigenvalue weighted by Gasteiger charge is 2.25. The van der Waals surface area contributed by atoms with Crippen molar-refractivity contribution in [3.8, 4) is 0 Å². The number of aliphatic hydroxyl groups excluding tert-OH is 2. The molecule has 0 saturated heterocycles. The Morgan fingerprint density at radius 1 is 0.719 bits per heavy atom. The average molecular weight is 459 g/mol. The fraction of sp³-hybridized carbons (Fsp3) is 0.963. The van der Waals surface area contributed by atoms with Crippen LogP contribution in [0, 0.1) is 5.92 Å². The van der Waals surface area contributed by atoms with Gasteiger partial charge in [0, 0.05) is 0 Å². The van der Waals surface area contributed by atoms with E-state index in [1.807, 2.05) is 6.92 Å². The number of unbranched alkanes of at least 4 members (excludes halogenated alkanes) is 13. The second kappa shape index (κ2) is 23.5. The van der Waals surface area contributed by atoms with Crippen LogP contribution in [0.5, 0.6) is 0 Å². The largest absolute Gasteiger partial charge is 0.394 e. The molecule has 0 aromatic carbocycles. The van der Waals surface area contributed by atoms with Gasteiger partial charge in [-0.25, -0.2) is 4.79 Å². The van der Waals surface area contributed by atoms with Crippen LogP contribution < -0.4 is 0 Å². The zero-order valence-corrected chi connectivity index (χ0v) is 21.5. The minimum atomic E-state index is -0.892. The Labute approximate surface area is 198 Å². The Kier molecular flexibility index (Phi) is 23.0. The first kappa shape index (κ1) is 31.4. The van der Waals surface area contributed by atoms with Crippen molar-refractivity contribution in [2.45, 2.75) is 155 Å². The molecule has 0 rings (SSSR count). The Bertz CT molecular complexity index is 402. The van der Waals surface area contributed by atoms with Gasteiger partial charge in [0.2, 0.25) is 0 Å². The third-order valence-electron chi connectivity index (χ3n) is 6.36. The quantitative estimate of drug-likeness (QED) is 0.0903. The fourth-order valence-electron chi connectivity index (χ4n) is 4.09. The molecule has 0 aliphatic heterocycles. The van der Waals surface area contributed by atoms with Gasteiger partial charge in [0.15, 0.2) is 0 Å². The van der Waals surface area contributed by atoms with E-state index >= 15 is 0 Å². The summed E-state index contributed by atoms with van der Waals surface area (Å²) in [7, 11) is 0. The smallest absolute Gasteiger partial charge is 0.345 e. The first-order chi connectivity index (χ1) is 15.6. The molecule has 3 atom stereocenters. The summed E-state index contributed by atoms with van der Waals surface area (Å²) in [6.45, 7) is 6.11. The third-order valence-corrected chi connectivity index (χ3v) is 6.36. The molecule has 192 valence electrons. The lowest BCUT2D eigenvalue weighted by molar-refractivity contribution is -0.303. The van der Waals surface area contributed by atoms with E-state index in [1.54, 1.807) is 0 Å². The van der Waals surface area contributed by atoms with Gasteiger partial charge in [-0.1, -0.05) is 117 Å². The van der Waals surface area contributed by atoms with E-state index in [2.05, 4.69) is 13.8 Å². The van der Waals surface area contributed by atoms with Crippen molar-refractivity contribution in [1.29, 1.82) is 0 Å². The van der Waals surface area contributed by atoms with Crippen LogP contribution in [0.25, 0.3) is 0 Å². The summed E-state index contributed by atoms with van der Waals surface area (Å²) < 4.78 is 0. The summed E-state index contributed by atoms with van der Waals surface area (Å²) in [5.74, 6) is -0.831. The molecule has 0 bridgehead atoms. The Morgan fingerprint density at radius 3 is 1.69 bits per heavy atom. The lowest BCUT2D eigenvalue weighted by Crippen LogP contribution is -2.26. The van der Waals surface area contributed by atoms with Crippen LogP contribution >= 0.6 is 0 Å². The van der Waals surface area contributed by atoms with E-state index < -0.39 is 18.0 Å². The highest BCUT2D eigenvalue weighted by atomic mass is 17.2. The fourth-order valence-corrected chi connectivity index (χ4v) is 4.09. The molecule has 32 heavy (non-hydrogen) atoms. The zero-order valence-electron chi connectivity index (χ0n) is 21.5. The predicted molar refractivity (Wildman–Crippen MR) is 132 cm³/mol.